The van der Waals surface area contributed by atoms with Crippen LogP contribution < -0.4 is 5.73 Å². The second-order valence-corrected chi connectivity index (χ2v) is 6.72. The molecule has 0 amide bonds. The van der Waals surface area contributed by atoms with Crippen molar-refractivity contribution < 1.29 is 9.84 Å². The van der Waals surface area contributed by atoms with Crippen molar-refractivity contribution in [3.8, 4) is 0 Å². The highest BCUT2D eigenvalue weighted by Crippen LogP contribution is 2.26. The Hall–Kier alpha value is -0.0551. The minimum Gasteiger partial charge on any atom is -0.384 e. The lowest BCUT2D eigenvalue weighted by Gasteiger charge is -2.29. The molecule has 1 rings (SSSR count). The summed E-state index contributed by atoms with van der Waals surface area (Å²) in [5.41, 5.74) is 4.96. The molecule has 1 aliphatic heterocycles. The van der Waals surface area contributed by atoms with Gasteiger partial charge in [0.2, 0.25) is 0 Å². The Bertz CT molecular complexity index is 244. The second-order valence-electron chi connectivity index (χ2n) is 6.72. The zero-order valence-electron chi connectivity index (χ0n) is 12.4. The van der Waals surface area contributed by atoms with Gasteiger partial charge in [0.05, 0.1) is 0 Å². The van der Waals surface area contributed by atoms with E-state index in [0.717, 1.165) is 45.1 Å². The molecule has 106 valence electrons. The van der Waals surface area contributed by atoms with Gasteiger partial charge in [-0.3, -0.25) is 0 Å². The molecule has 3 unspecified atom stereocenters. The van der Waals surface area contributed by atoms with Crippen molar-refractivity contribution in [2.75, 3.05) is 6.61 Å². The molecule has 0 spiro atoms. The third-order valence-electron chi connectivity index (χ3n) is 3.94. The molecule has 3 atom stereocenters. The number of rotatable bonds is 0. The van der Waals surface area contributed by atoms with Crippen molar-refractivity contribution in [2.24, 2.45) is 11.7 Å². The molecule has 0 aromatic carbocycles. The summed E-state index contributed by atoms with van der Waals surface area (Å²) in [7, 11) is 2.16. The number of aliphatic hydroxyl groups is 1. The summed E-state index contributed by atoms with van der Waals surface area (Å²) in [6.07, 6.45) is 7.95. The van der Waals surface area contributed by atoms with Crippen LogP contribution in [0.2, 0.25) is 0 Å². The highest BCUT2D eigenvalue weighted by molar-refractivity contribution is 6.14. The molecule has 0 bridgehead atoms. The van der Waals surface area contributed by atoms with Crippen LogP contribution in [0.3, 0.4) is 0 Å². The molecule has 0 aliphatic carbocycles. The quantitative estimate of drug-likeness (QED) is 0.512. The Morgan fingerprint density at radius 1 is 1.22 bits per heavy atom. The van der Waals surface area contributed by atoms with Gasteiger partial charge >= 0.3 is 0 Å². The van der Waals surface area contributed by atoms with E-state index in [9.17, 15) is 5.11 Å². The van der Waals surface area contributed by atoms with E-state index < -0.39 is 5.72 Å². The molecule has 0 radical (unpaired) electrons. The molecule has 1 heterocycles. The van der Waals surface area contributed by atoms with Gasteiger partial charge in [-0.25, -0.2) is 0 Å². The van der Waals surface area contributed by atoms with Crippen LogP contribution in [0.15, 0.2) is 0 Å². The summed E-state index contributed by atoms with van der Waals surface area (Å²) in [6.45, 7) is 5.19. The van der Waals surface area contributed by atoms with Crippen LogP contribution in [0.1, 0.15) is 65.2 Å². The van der Waals surface area contributed by atoms with Gasteiger partial charge in [0, 0.05) is 12.1 Å². The number of nitrogens with two attached hydrogens (primary N) is 1. The first-order valence-corrected chi connectivity index (χ1v) is 7.46. The van der Waals surface area contributed by atoms with E-state index in [-0.39, 0.29) is 5.50 Å². The average Bonchev–Trinajstić information content (AvgIpc) is 2.24. The highest BCUT2D eigenvalue weighted by atomic mass is 16.5. The summed E-state index contributed by atoms with van der Waals surface area (Å²) in [5, 5.41) is 10.2. The van der Waals surface area contributed by atoms with Gasteiger partial charge < -0.3 is 15.6 Å². The largest absolute Gasteiger partial charge is 0.384 e. The SMILES string of the molecule is BC1(C)CCC(C)CC(N)(O)CCCCCCO1. The third-order valence-corrected chi connectivity index (χ3v) is 3.94. The van der Waals surface area contributed by atoms with Gasteiger partial charge in [0.25, 0.3) is 0 Å². The molecule has 4 heteroatoms. The van der Waals surface area contributed by atoms with E-state index in [0.29, 0.717) is 12.3 Å². The first kappa shape index (κ1) is 16.0. The van der Waals surface area contributed by atoms with E-state index in [1.165, 1.54) is 6.42 Å². The Morgan fingerprint density at radius 2 is 1.89 bits per heavy atom. The molecule has 18 heavy (non-hydrogen) atoms. The fraction of sp³-hybridized carbons (Fsp3) is 1.00. The van der Waals surface area contributed by atoms with Crippen molar-refractivity contribution >= 4 is 7.85 Å². The van der Waals surface area contributed by atoms with Gasteiger partial charge in [0.15, 0.2) is 0 Å². The van der Waals surface area contributed by atoms with Crippen LogP contribution in [-0.2, 0) is 4.74 Å². The smallest absolute Gasteiger partial charge is 0.142 e. The van der Waals surface area contributed by atoms with Crippen molar-refractivity contribution in [1.29, 1.82) is 0 Å². The second kappa shape index (κ2) is 6.92. The van der Waals surface area contributed by atoms with Crippen LogP contribution in [0.5, 0.6) is 0 Å². The maximum atomic E-state index is 10.2. The molecular formula is C14H30BNO2. The first-order valence-electron chi connectivity index (χ1n) is 7.46. The lowest BCUT2D eigenvalue weighted by molar-refractivity contribution is 0.00338. The maximum Gasteiger partial charge on any atom is 0.142 e. The number of hydrogen-bond donors (Lipinski definition) is 2. The number of ether oxygens (including phenoxy) is 1. The van der Waals surface area contributed by atoms with Crippen LogP contribution in [0.25, 0.3) is 0 Å². The lowest BCUT2D eigenvalue weighted by atomic mass is 9.77. The van der Waals surface area contributed by atoms with Crippen molar-refractivity contribution in [3.05, 3.63) is 0 Å². The summed E-state index contributed by atoms with van der Waals surface area (Å²) >= 11 is 0. The van der Waals surface area contributed by atoms with Gasteiger partial charge in [0.1, 0.15) is 13.6 Å². The van der Waals surface area contributed by atoms with Gasteiger partial charge in [-0.15, -0.1) is 0 Å². The molecule has 3 nitrogen and oxygen atoms in total. The summed E-state index contributed by atoms with van der Waals surface area (Å²) in [4.78, 5) is 0. The van der Waals surface area contributed by atoms with E-state index in [2.05, 4.69) is 21.7 Å². The van der Waals surface area contributed by atoms with Crippen molar-refractivity contribution in [2.45, 2.75) is 76.4 Å². The fourth-order valence-electron chi connectivity index (χ4n) is 2.71. The van der Waals surface area contributed by atoms with Gasteiger partial charge in [-0.1, -0.05) is 19.8 Å². The zero-order valence-corrected chi connectivity index (χ0v) is 12.4. The van der Waals surface area contributed by atoms with E-state index in [4.69, 9.17) is 10.5 Å². The summed E-state index contributed by atoms with van der Waals surface area (Å²) in [5.74, 6) is 0.448. The van der Waals surface area contributed by atoms with Crippen LogP contribution in [0.4, 0.5) is 0 Å². The third kappa shape index (κ3) is 6.76. The molecular weight excluding hydrogens is 225 g/mol. The Morgan fingerprint density at radius 3 is 2.61 bits per heavy atom. The molecule has 1 aliphatic rings. The molecule has 0 saturated carbocycles. The van der Waals surface area contributed by atoms with Crippen LogP contribution in [0, 0.1) is 5.92 Å². The van der Waals surface area contributed by atoms with Gasteiger partial charge in [-0.2, -0.15) is 0 Å². The number of hydrogen-bond acceptors (Lipinski definition) is 3. The van der Waals surface area contributed by atoms with E-state index >= 15 is 0 Å². The summed E-state index contributed by atoms with van der Waals surface area (Å²) < 4.78 is 5.95. The Balaban J connectivity index is 2.54. The first-order chi connectivity index (χ1) is 8.31. The zero-order chi connectivity index (χ0) is 13.6. The normalized spacial score (nSPS) is 41.4. The van der Waals surface area contributed by atoms with Crippen molar-refractivity contribution in [1.82, 2.24) is 0 Å². The monoisotopic (exact) mass is 255 g/mol. The molecule has 1 saturated heterocycles. The average molecular weight is 255 g/mol. The van der Waals surface area contributed by atoms with E-state index in [1.807, 2.05) is 0 Å². The highest BCUT2D eigenvalue weighted by Gasteiger charge is 2.26. The predicted octanol–water partition coefficient (Wildman–Crippen LogP) is 1.77. The molecule has 3 N–H and O–H groups in total. The molecule has 1 fully saturated rings. The Kier molecular flexibility index (Phi) is 6.15. The lowest BCUT2D eigenvalue weighted by Crippen LogP contribution is -2.41. The minimum atomic E-state index is -0.974. The topological polar surface area (TPSA) is 55.5 Å². The van der Waals surface area contributed by atoms with Crippen LogP contribution >= 0.6 is 0 Å². The van der Waals surface area contributed by atoms with Crippen LogP contribution in [-0.4, -0.2) is 30.8 Å². The van der Waals surface area contributed by atoms with Gasteiger partial charge in [-0.05, 0) is 51.4 Å². The molecule has 0 aromatic rings. The minimum absolute atomic E-state index is 0.0466. The molecule has 0 aromatic heterocycles. The summed E-state index contributed by atoms with van der Waals surface area (Å²) in [6, 6.07) is 0. The standard InChI is InChI=1S/C14H30BNO2/c1-12-7-9-13(2,15)18-10-6-4-3-5-8-14(16,17)11-12/h12,17H,3-11,15-16H2,1-2H3. The van der Waals surface area contributed by atoms with Crippen molar-refractivity contribution in [3.63, 3.8) is 0 Å². The predicted molar refractivity (Wildman–Crippen MR) is 78.1 cm³/mol. The van der Waals surface area contributed by atoms with E-state index in [1.54, 1.807) is 0 Å². The fourth-order valence-corrected chi connectivity index (χ4v) is 2.71. The Labute approximate surface area is 113 Å². The maximum absolute atomic E-state index is 10.2.